The molecular formula is C16H15ClFNO2. The first-order valence-electron chi connectivity index (χ1n) is 6.36. The third kappa shape index (κ3) is 3.52. The van der Waals surface area contributed by atoms with Crippen LogP contribution in [-0.2, 0) is 11.3 Å². The largest absolute Gasteiger partial charge is 0.457 e. The van der Waals surface area contributed by atoms with Crippen molar-refractivity contribution in [3.8, 4) is 0 Å². The molecule has 21 heavy (non-hydrogen) atoms. The molecule has 0 spiro atoms. The number of halogens is 2. The van der Waals surface area contributed by atoms with E-state index in [-0.39, 0.29) is 11.6 Å². The van der Waals surface area contributed by atoms with Gasteiger partial charge in [-0.2, -0.15) is 0 Å². The maximum Gasteiger partial charge on any atom is 0.338 e. The summed E-state index contributed by atoms with van der Waals surface area (Å²) < 4.78 is 18.5. The molecule has 5 heteroatoms. The maximum atomic E-state index is 13.3. The predicted octanol–water partition coefficient (Wildman–Crippen LogP) is 4.04. The second-order valence-electron chi connectivity index (χ2n) is 4.85. The molecule has 2 aromatic rings. The zero-order valence-corrected chi connectivity index (χ0v) is 12.5. The second kappa shape index (κ2) is 6.14. The molecule has 0 saturated heterocycles. The van der Waals surface area contributed by atoms with E-state index in [0.29, 0.717) is 16.8 Å². The molecule has 0 aliphatic carbocycles. The minimum absolute atomic E-state index is 0.0276. The summed E-state index contributed by atoms with van der Waals surface area (Å²) in [6.45, 7) is 3.65. The normalized spacial score (nSPS) is 10.5. The lowest BCUT2D eigenvalue weighted by Gasteiger charge is -2.10. The summed E-state index contributed by atoms with van der Waals surface area (Å²) in [5.74, 6) is -1.03. The highest BCUT2D eigenvalue weighted by Crippen LogP contribution is 2.20. The van der Waals surface area contributed by atoms with Crippen molar-refractivity contribution in [2.75, 3.05) is 5.73 Å². The zero-order chi connectivity index (χ0) is 15.6. The van der Waals surface area contributed by atoms with Crippen LogP contribution in [0.5, 0.6) is 0 Å². The van der Waals surface area contributed by atoms with E-state index in [9.17, 15) is 9.18 Å². The second-order valence-corrected chi connectivity index (χ2v) is 5.26. The van der Waals surface area contributed by atoms with Gasteiger partial charge in [0.25, 0.3) is 0 Å². The van der Waals surface area contributed by atoms with Gasteiger partial charge in [-0.15, -0.1) is 0 Å². The summed E-state index contributed by atoms with van der Waals surface area (Å²) in [7, 11) is 0. The maximum absolute atomic E-state index is 13.3. The number of nitrogens with two attached hydrogens (primary N) is 1. The van der Waals surface area contributed by atoms with Crippen LogP contribution in [-0.4, -0.2) is 5.97 Å². The lowest BCUT2D eigenvalue weighted by atomic mass is 10.0. The number of hydrogen-bond acceptors (Lipinski definition) is 3. The predicted molar refractivity (Wildman–Crippen MR) is 80.9 cm³/mol. The molecule has 0 bridgehead atoms. The van der Waals surface area contributed by atoms with Crippen molar-refractivity contribution >= 4 is 23.3 Å². The molecule has 3 nitrogen and oxygen atoms in total. The average molecular weight is 308 g/mol. The monoisotopic (exact) mass is 307 g/mol. The molecule has 110 valence electrons. The third-order valence-corrected chi connectivity index (χ3v) is 3.49. The van der Waals surface area contributed by atoms with E-state index in [1.807, 2.05) is 19.9 Å². The molecule has 2 N–H and O–H groups in total. The van der Waals surface area contributed by atoms with Crippen molar-refractivity contribution in [2.24, 2.45) is 0 Å². The van der Waals surface area contributed by atoms with Gasteiger partial charge in [0.15, 0.2) is 0 Å². The minimum atomic E-state index is -0.541. The average Bonchev–Trinajstić information content (AvgIpc) is 2.44. The number of carbonyl (C=O) groups excluding carboxylic acids is 1. The molecule has 0 aliphatic rings. The third-order valence-electron chi connectivity index (χ3n) is 3.19. The fourth-order valence-electron chi connectivity index (χ4n) is 1.94. The Bertz CT molecular complexity index is 701. The zero-order valence-electron chi connectivity index (χ0n) is 11.7. The fraction of sp³-hybridized carbons (Fsp3) is 0.188. The van der Waals surface area contributed by atoms with Gasteiger partial charge in [-0.25, -0.2) is 9.18 Å². The molecule has 0 radical (unpaired) electrons. The Morgan fingerprint density at radius 2 is 1.95 bits per heavy atom. The summed E-state index contributed by atoms with van der Waals surface area (Å²) >= 11 is 5.60. The van der Waals surface area contributed by atoms with Crippen LogP contribution in [0.25, 0.3) is 0 Å². The molecule has 0 atom stereocenters. The van der Waals surface area contributed by atoms with Gasteiger partial charge in [-0.3, -0.25) is 0 Å². The van der Waals surface area contributed by atoms with E-state index in [2.05, 4.69) is 0 Å². The van der Waals surface area contributed by atoms with Crippen molar-refractivity contribution in [1.82, 2.24) is 0 Å². The Morgan fingerprint density at radius 1 is 1.24 bits per heavy atom. The number of rotatable bonds is 3. The van der Waals surface area contributed by atoms with Crippen LogP contribution in [0.4, 0.5) is 10.1 Å². The van der Waals surface area contributed by atoms with Crippen molar-refractivity contribution in [2.45, 2.75) is 20.5 Å². The van der Waals surface area contributed by atoms with Crippen molar-refractivity contribution in [3.63, 3.8) is 0 Å². The van der Waals surface area contributed by atoms with E-state index in [1.54, 1.807) is 12.1 Å². The molecule has 0 amide bonds. The van der Waals surface area contributed by atoms with E-state index in [4.69, 9.17) is 22.1 Å². The number of anilines is 1. The molecule has 0 aliphatic heterocycles. The van der Waals surface area contributed by atoms with Crippen LogP contribution >= 0.6 is 11.6 Å². The first-order valence-corrected chi connectivity index (χ1v) is 6.74. The number of carbonyl (C=O) groups is 1. The topological polar surface area (TPSA) is 52.3 Å². The van der Waals surface area contributed by atoms with Gasteiger partial charge in [0.05, 0.1) is 10.6 Å². The van der Waals surface area contributed by atoms with Gasteiger partial charge in [0.1, 0.15) is 12.4 Å². The van der Waals surface area contributed by atoms with Crippen molar-refractivity contribution in [1.29, 1.82) is 0 Å². The van der Waals surface area contributed by atoms with Gasteiger partial charge in [0.2, 0.25) is 0 Å². The number of nitrogen functional groups attached to an aromatic ring is 1. The molecule has 0 fully saturated rings. The van der Waals surface area contributed by atoms with Crippen LogP contribution in [0.2, 0.25) is 5.02 Å². The summed E-state index contributed by atoms with van der Waals surface area (Å²) in [5, 5.41) is 0.0345. The highest BCUT2D eigenvalue weighted by atomic mass is 35.5. The van der Waals surface area contributed by atoms with Crippen molar-refractivity contribution in [3.05, 3.63) is 63.4 Å². The standard InChI is InChI=1S/C16H15ClFNO2/c1-9-5-10(2)15(19)7-12(9)16(20)21-8-11-3-4-13(17)14(18)6-11/h3-7H,8,19H2,1-2H3. The van der Waals surface area contributed by atoms with E-state index in [1.165, 1.54) is 12.1 Å². The Morgan fingerprint density at radius 3 is 2.62 bits per heavy atom. The summed E-state index contributed by atoms with van der Waals surface area (Å²) in [6, 6.07) is 7.69. The molecule has 0 heterocycles. The van der Waals surface area contributed by atoms with Gasteiger partial charge in [0, 0.05) is 5.69 Å². The van der Waals surface area contributed by atoms with Crippen LogP contribution < -0.4 is 5.73 Å². The SMILES string of the molecule is Cc1cc(C)c(C(=O)OCc2ccc(Cl)c(F)c2)cc1N. The van der Waals surface area contributed by atoms with Gasteiger partial charge in [-0.1, -0.05) is 23.7 Å². The number of ether oxygens (including phenoxy) is 1. The smallest absolute Gasteiger partial charge is 0.338 e. The first kappa shape index (κ1) is 15.3. The number of esters is 1. The van der Waals surface area contributed by atoms with E-state index < -0.39 is 11.8 Å². The minimum Gasteiger partial charge on any atom is -0.457 e. The molecule has 0 aromatic heterocycles. The van der Waals surface area contributed by atoms with Crippen LogP contribution in [0.3, 0.4) is 0 Å². The molecular weight excluding hydrogens is 293 g/mol. The summed E-state index contributed by atoms with van der Waals surface area (Å²) in [5.41, 5.74) is 8.96. The quantitative estimate of drug-likeness (QED) is 0.688. The van der Waals surface area contributed by atoms with E-state index in [0.717, 1.165) is 11.1 Å². The molecule has 2 rings (SSSR count). The van der Waals surface area contributed by atoms with Gasteiger partial charge < -0.3 is 10.5 Å². The van der Waals surface area contributed by atoms with Crippen LogP contribution in [0, 0.1) is 19.7 Å². The Kier molecular flexibility index (Phi) is 4.48. The summed E-state index contributed by atoms with van der Waals surface area (Å²) in [6.07, 6.45) is 0. The Labute approximate surface area is 127 Å². The lowest BCUT2D eigenvalue weighted by Crippen LogP contribution is -2.08. The number of aryl methyl sites for hydroxylation is 2. The lowest BCUT2D eigenvalue weighted by molar-refractivity contribution is 0.0471. The molecule has 0 unspecified atom stereocenters. The summed E-state index contributed by atoms with van der Waals surface area (Å²) in [4.78, 5) is 12.1. The van der Waals surface area contributed by atoms with Crippen molar-refractivity contribution < 1.29 is 13.9 Å². The van der Waals surface area contributed by atoms with E-state index >= 15 is 0 Å². The Balaban J connectivity index is 2.11. The van der Waals surface area contributed by atoms with Crippen LogP contribution in [0.15, 0.2) is 30.3 Å². The molecule has 0 saturated carbocycles. The molecule has 2 aromatic carbocycles. The fourth-order valence-corrected chi connectivity index (χ4v) is 2.06. The highest BCUT2D eigenvalue weighted by Gasteiger charge is 2.13. The first-order chi connectivity index (χ1) is 9.88. The number of hydrogen-bond donors (Lipinski definition) is 1. The highest BCUT2D eigenvalue weighted by molar-refractivity contribution is 6.30. The Hall–Kier alpha value is -2.07. The van der Waals surface area contributed by atoms with Gasteiger partial charge >= 0.3 is 5.97 Å². The van der Waals surface area contributed by atoms with Gasteiger partial charge in [-0.05, 0) is 48.7 Å². The number of benzene rings is 2. The van der Waals surface area contributed by atoms with Crippen LogP contribution in [0.1, 0.15) is 27.0 Å².